The Morgan fingerprint density at radius 2 is 1.59 bits per heavy atom. The summed E-state index contributed by atoms with van der Waals surface area (Å²) in [5.74, 6) is 0.233. The van der Waals surface area contributed by atoms with Crippen LogP contribution in [0.2, 0.25) is 0 Å². The minimum atomic E-state index is -0.372. The van der Waals surface area contributed by atoms with Gasteiger partial charge in [-0.1, -0.05) is 30.3 Å². The maximum absolute atomic E-state index is 12.7. The number of anilines is 1. The zero-order chi connectivity index (χ0) is 23.8. The predicted octanol–water partition coefficient (Wildman–Crippen LogP) is 4.78. The van der Waals surface area contributed by atoms with E-state index in [4.69, 9.17) is 14.2 Å². The topological polar surface area (TPSA) is 65.1 Å². The molecule has 174 valence electrons. The number of ketones is 1. The Bertz CT molecular complexity index is 1150. The van der Waals surface area contributed by atoms with Crippen molar-refractivity contribution in [3.8, 4) is 5.75 Å². The van der Waals surface area contributed by atoms with Crippen molar-refractivity contribution in [2.45, 2.75) is 6.61 Å². The van der Waals surface area contributed by atoms with Gasteiger partial charge in [-0.3, -0.25) is 4.79 Å². The van der Waals surface area contributed by atoms with Crippen molar-refractivity contribution in [2.24, 2.45) is 0 Å². The van der Waals surface area contributed by atoms with E-state index in [0.29, 0.717) is 23.5 Å². The average molecular weight is 458 g/mol. The van der Waals surface area contributed by atoms with E-state index >= 15 is 0 Å². The first kappa shape index (κ1) is 23.3. The molecule has 0 bridgehead atoms. The van der Waals surface area contributed by atoms with E-state index in [-0.39, 0.29) is 11.8 Å². The molecule has 34 heavy (non-hydrogen) atoms. The zero-order valence-corrected chi connectivity index (χ0v) is 19.1. The maximum atomic E-state index is 12.7. The Hall–Kier alpha value is -3.90. The van der Waals surface area contributed by atoms with E-state index in [1.165, 1.54) is 7.11 Å². The number of carbonyl (C=O) groups is 2. The quantitative estimate of drug-likeness (QED) is 0.275. The summed E-state index contributed by atoms with van der Waals surface area (Å²) in [5.41, 5.74) is 3.96. The van der Waals surface area contributed by atoms with Gasteiger partial charge >= 0.3 is 5.97 Å². The standard InChI is InChI=1S/C28H27NO5/c1-32-28(31)24-8-6-21(7-9-24)20-34-27-5-3-2-4-23(27)12-15-26(30)22-10-13-25(14-11-22)29-16-18-33-19-17-29/h2-15H,16-20H2,1H3. The number of nitrogens with zero attached hydrogens (tertiary/aromatic N) is 1. The molecule has 1 heterocycles. The predicted molar refractivity (Wildman–Crippen MR) is 131 cm³/mol. The largest absolute Gasteiger partial charge is 0.488 e. The fourth-order valence-corrected chi connectivity index (χ4v) is 3.69. The van der Waals surface area contributed by atoms with Crippen LogP contribution in [0.1, 0.15) is 31.8 Å². The Kier molecular flexibility index (Phi) is 7.73. The maximum Gasteiger partial charge on any atom is 0.337 e. The van der Waals surface area contributed by atoms with E-state index in [2.05, 4.69) is 4.90 Å². The van der Waals surface area contributed by atoms with Crippen LogP contribution in [-0.4, -0.2) is 45.2 Å². The molecule has 1 fully saturated rings. The van der Waals surface area contributed by atoms with Crippen LogP contribution in [0.15, 0.2) is 78.9 Å². The van der Waals surface area contributed by atoms with Gasteiger partial charge in [-0.25, -0.2) is 4.79 Å². The van der Waals surface area contributed by atoms with E-state index in [1.54, 1.807) is 24.3 Å². The Balaban J connectivity index is 1.38. The first-order valence-corrected chi connectivity index (χ1v) is 11.2. The minimum Gasteiger partial charge on any atom is -0.488 e. The highest BCUT2D eigenvalue weighted by Gasteiger charge is 2.12. The van der Waals surface area contributed by atoms with Crippen LogP contribution in [-0.2, 0) is 16.1 Å². The lowest BCUT2D eigenvalue weighted by atomic mass is 10.1. The summed E-state index contributed by atoms with van der Waals surface area (Å²) < 4.78 is 16.1. The normalized spacial score (nSPS) is 13.6. The molecule has 0 aromatic heterocycles. The van der Waals surface area contributed by atoms with E-state index < -0.39 is 0 Å². The molecule has 1 saturated heterocycles. The number of benzene rings is 3. The second kappa shape index (κ2) is 11.3. The smallest absolute Gasteiger partial charge is 0.337 e. The summed E-state index contributed by atoms with van der Waals surface area (Å²) in [6.45, 7) is 3.51. The highest BCUT2D eigenvalue weighted by Crippen LogP contribution is 2.22. The van der Waals surface area contributed by atoms with Crippen molar-refractivity contribution in [3.05, 3.63) is 101 Å². The third-order valence-electron chi connectivity index (χ3n) is 5.63. The molecule has 3 aromatic carbocycles. The molecule has 0 radical (unpaired) electrons. The zero-order valence-electron chi connectivity index (χ0n) is 19.1. The van der Waals surface area contributed by atoms with Gasteiger partial charge in [0.1, 0.15) is 12.4 Å². The Morgan fingerprint density at radius 3 is 2.29 bits per heavy atom. The number of allylic oxidation sites excluding steroid dienone is 1. The van der Waals surface area contributed by atoms with Gasteiger partial charge in [-0.05, 0) is 60.2 Å². The van der Waals surface area contributed by atoms with E-state index in [0.717, 1.165) is 43.1 Å². The fraction of sp³-hybridized carbons (Fsp3) is 0.214. The molecular formula is C28H27NO5. The van der Waals surface area contributed by atoms with Crippen molar-refractivity contribution in [1.29, 1.82) is 0 Å². The van der Waals surface area contributed by atoms with Crippen LogP contribution < -0.4 is 9.64 Å². The van der Waals surface area contributed by atoms with Crippen molar-refractivity contribution < 1.29 is 23.8 Å². The Morgan fingerprint density at radius 1 is 0.912 bits per heavy atom. The van der Waals surface area contributed by atoms with Gasteiger partial charge in [-0.15, -0.1) is 0 Å². The van der Waals surface area contributed by atoms with Crippen LogP contribution in [0.4, 0.5) is 5.69 Å². The molecule has 0 N–H and O–H groups in total. The molecule has 0 spiro atoms. The summed E-state index contributed by atoms with van der Waals surface area (Å²) in [6.07, 6.45) is 3.34. The molecule has 4 rings (SSSR count). The number of rotatable bonds is 8. The molecule has 0 aliphatic carbocycles. The fourth-order valence-electron chi connectivity index (χ4n) is 3.69. The third kappa shape index (κ3) is 5.91. The molecule has 0 amide bonds. The monoisotopic (exact) mass is 457 g/mol. The number of ether oxygens (including phenoxy) is 3. The summed E-state index contributed by atoms with van der Waals surface area (Å²) >= 11 is 0. The first-order chi connectivity index (χ1) is 16.6. The molecule has 0 saturated carbocycles. The van der Waals surface area contributed by atoms with Crippen molar-refractivity contribution in [3.63, 3.8) is 0 Å². The number of para-hydroxylation sites is 1. The lowest BCUT2D eigenvalue weighted by Crippen LogP contribution is -2.36. The summed E-state index contributed by atoms with van der Waals surface area (Å²) in [5, 5.41) is 0. The molecule has 0 unspecified atom stereocenters. The SMILES string of the molecule is COC(=O)c1ccc(COc2ccccc2C=CC(=O)c2ccc(N3CCOCC3)cc2)cc1. The van der Waals surface area contributed by atoms with Crippen molar-refractivity contribution in [1.82, 2.24) is 0 Å². The number of morpholine rings is 1. The second-order valence-corrected chi connectivity index (χ2v) is 7.86. The molecule has 6 nitrogen and oxygen atoms in total. The van der Waals surface area contributed by atoms with E-state index in [1.807, 2.05) is 60.7 Å². The summed E-state index contributed by atoms with van der Waals surface area (Å²) in [4.78, 5) is 26.5. The van der Waals surface area contributed by atoms with E-state index in [9.17, 15) is 9.59 Å². The summed E-state index contributed by atoms with van der Waals surface area (Å²) in [7, 11) is 1.36. The van der Waals surface area contributed by atoms with Gasteiger partial charge in [0.15, 0.2) is 5.78 Å². The van der Waals surface area contributed by atoms with Gasteiger partial charge in [0.05, 0.1) is 25.9 Å². The van der Waals surface area contributed by atoms with Crippen LogP contribution in [0.25, 0.3) is 6.08 Å². The van der Waals surface area contributed by atoms with Crippen molar-refractivity contribution >= 4 is 23.5 Å². The number of esters is 1. The average Bonchev–Trinajstić information content (AvgIpc) is 2.91. The molecular weight excluding hydrogens is 430 g/mol. The van der Waals surface area contributed by atoms with Gasteiger partial charge in [-0.2, -0.15) is 0 Å². The third-order valence-corrected chi connectivity index (χ3v) is 5.63. The lowest BCUT2D eigenvalue weighted by molar-refractivity contribution is 0.0600. The number of methoxy groups -OCH3 is 1. The van der Waals surface area contributed by atoms with Gasteiger partial charge < -0.3 is 19.1 Å². The van der Waals surface area contributed by atoms with Gasteiger partial charge in [0.25, 0.3) is 0 Å². The lowest BCUT2D eigenvalue weighted by Gasteiger charge is -2.28. The van der Waals surface area contributed by atoms with Crippen molar-refractivity contribution in [2.75, 3.05) is 38.3 Å². The second-order valence-electron chi connectivity index (χ2n) is 7.86. The van der Waals surface area contributed by atoms with Crippen LogP contribution in [0.5, 0.6) is 5.75 Å². The molecule has 0 atom stereocenters. The Labute approximate surface area is 199 Å². The first-order valence-electron chi connectivity index (χ1n) is 11.2. The number of hydrogen-bond donors (Lipinski definition) is 0. The molecule has 1 aliphatic rings. The minimum absolute atomic E-state index is 0.0678. The number of hydrogen-bond acceptors (Lipinski definition) is 6. The van der Waals surface area contributed by atoms with Crippen LogP contribution >= 0.6 is 0 Å². The van der Waals surface area contributed by atoms with Gasteiger partial charge in [0, 0.05) is 29.9 Å². The molecule has 1 aliphatic heterocycles. The molecule has 3 aromatic rings. The van der Waals surface area contributed by atoms with Crippen LogP contribution in [0.3, 0.4) is 0 Å². The van der Waals surface area contributed by atoms with Crippen LogP contribution in [0, 0.1) is 0 Å². The highest BCUT2D eigenvalue weighted by molar-refractivity contribution is 6.07. The van der Waals surface area contributed by atoms with Gasteiger partial charge in [0.2, 0.25) is 0 Å². The molecule has 6 heteroatoms. The highest BCUT2D eigenvalue weighted by atomic mass is 16.5. The number of carbonyl (C=O) groups excluding carboxylic acids is 2. The summed E-state index contributed by atoms with van der Waals surface area (Å²) in [6, 6.07) is 22.3.